The lowest BCUT2D eigenvalue weighted by Crippen LogP contribution is -2.26. The van der Waals surface area contributed by atoms with Crippen LogP contribution in [0.2, 0.25) is 0 Å². The van der Waals surface area contributed by atoms with Crippen LogP contribution in [0.25, 0.3) is 0 Å². The Hall–Kier alpha value is -2.38. The summed E-state index contributed by atoms with van der Waals surface area (Å²) in [7, 11) is -2.15. The Kier molecular flexibility index (Phi) is 6.17. The molecular formula is C18H22N2O4S. The summed E-state index contributed by atoms with van der Waals surface area (Å²) in [5, 5.41) is 2.68. The van der Waals surface area contributed by atoms with Crippen LogP contribution in [0, 0.1) is 6.92 Å². The molecule has 0 aromatic heterocycles. The van der Waals surface area contributed by atoms with E-state index in [1.54, 1.807) is 44.4 Å². The maximum absolute atomic E-state index is 12.5. The van der Waals surface area contributed by atoms with Gasteiger partial charge in [-0.1, -0.05) is 18.2 Å². The highest BCUT2D eigenvalue weighted by molar-refractivity contribution is 7.89. The van der Waals surface area contributed by atoms with Crippen LogP contribution >= 0.6 is 0 Å². The molecule has 0 heterocycles. The molecule has 7 heteroatoms. The summed E-state index contributed by atoms with van der Waals surface area (Å²) < 4.78 is 32.6. The van der Waals surface area contributed by atoms with Gasteiger partial charge in [0.15, 0.2) is 0 Å². The van der Waals surface area contributed by atoms with Gasteiger partial charge in [-0.15, -0.1) is 0 Å². The third-order valence-corrected chi connectivity index (χ3v) is 5.13. The SMILES string of the molecule is CCNC(=O)c1cc(S(=O)(=O)NCc2ccc(OC)cc2)ccc1C. The van der Waals surface area contributed by atoms with E-state index in [1.165, 1.54) is 12.1 Å². The van der Waals surface area contributed by atoms with E-state index in [2.05, 4.69) is 10.0 Å². The van der Waals surface area contributed by atoms with Gasteiger partial charge >= 0.3 is 0 Å². The van der Waals surface area contributed by atoms with Gasteiger partial charge < -0.3 is 10.1 Å². The summed E-state index contributed by atoms with van der Waals surface area (Å²) in [6.07, 6.45) is 0. The molecule has 0 saturated carbocycles. The topological polar surface area (TPSA) is 84.5 Å². The van der Waals surface area contributed by atoms with Crippen LogP contribution in [0.1, 0.15) is 28.4 Å². The Balaban J connectivity index is 2.18. The van der Waals surface area contributed by atoms with E-state index in [4.69, 9.17) is 4.74 Å². The monoisotopic (exact) mass is 362 g/mol. The number of amides is 1. The van der Waals surface area contributed by atoms with Crippen LogP contribution in [0.3, 0.4) is 0 Å². The van der Waals surface area contributed by atoms with Gasteiger partial charge in [-0.3, -0.25) is 4.79 Å². The lowest BCUT2D eigenvalue weighted by molar-refractivity contribution is 0.0955. The maximum Gasteiger partial charge on any atom is 0.251 e. The zero-order valence-electron chi connectivity index (χ0n) is 14.5. The van der Waals surface area contributed by atoms with Crippen molar-refractivity contribution in [1.29, 1.82) is 0 Å². The number of hydrogen-bond donors (Lipinski definition) is 2. The molecule has 2 rings (SSSR count). The van der Waals surface area contributed by atoms with E-state index in [9.17, 15) is 13.2 Å². The van der Waals surface area contributed by atoms with Gasteiger partial charge in [0.2, 0.25) is 10.0 Å². The molecule has 6 nitrogen and oxygen atoms in total. The first-order chi connectivity index (χ1) is 11.9. The molecule has 0 spiro atoms. The minimum atomic E-state index is -3.72. The predicted molar refractivity (Wildman–Crippen MR) is 96.2 cm³/mol. The fourth-order valence-electron chi connectivity index (χ4n) is 2.27. The van der Waals surface area contributed by atoms with E-state index in [0.717, 1.165) is 11.1 Å². The van der Waals surface area contributed by atoms with E-state index in [0.29, 0.717) is 17.9 Å². The molecule has 0 radical (unpaired) electrons. The maximum atomic E-state index is 12.5. The van der Waals surface area contributed by atoms with E-state index in [-0.39, 0.29) is 17.3 Å². The van der Waals surface area contributed by atoms with Crippen molar-refractivity contribution in [1.82, 2.24) is 10.0 Å². The zero-order valence-corrected chi connectivity index (χ0v) is 15.3. The Morgan fingerprint density at radius 2 is 1.80 bits per heavy atom. The molecule has 0 aliphatic heterocycles. The van der Waals surface area contributed by atoms with E-state index < -0.39 is 10.0 Å². The van der Waals surface area contributed by atoms with Crippen molar-refractivity contribution in [2.24, 2.45) is 0 Å². The second-order valence-corrected chi connectivity index (χ2v) is 7.28. The average molecular weight is 362 g/mol. The standard InChI is InChI=1S/C18H22N2O4S/c1-4-19-18(21)17-11-16(10-5-13(17)2)25(22,23)20-12-14-6-8-15(24-3)9-7-14/h5-11,20H,4,12H2,1-3H3,(H,19,21). The first-order valence-electron chi connectivity index (χ1n) is 7.89. The van der Waals surface area contributed by atoms with Gasteiger partial charge in [0.05, 0.1) is 12.0 Å². The molecule has 0 aliphatic carbocycles. The number of carbonyl (C=O) groups excluding carboxylic acids is 1. The number of nitrogens with one attached hydrogen (secondary N) is 2. The first-order valence-corrected chi connectivity index (χ1v) is 9.37. The van der Waals surface area contributed by atoms with Crippen molar-refractivity contribution < 1.29 is 17.9 Å². The number of methoxy groups -OCH3 is 1. The van der Waals surface area contributed by atoms with Crippen molar-refractivity contribution >= 4 is 15.9 Å². The molecule has 2 N–H and O–H groups in total. The fraction of sp³-hybridized carbons (Fsp3) is 0.278. The summed E-state index contributed by atoms with van der Waals surface area (Å²) >= 11 is 0. The Morgan fingerprint density at radius 3 is 2.40 bits per heavy atom. The zero-order chi connectivity index (χ0) is 18.4. The molecule has 2 aromatic carbocycles. The second kappa shape index (κ2) is 8.13. The average Bonchev–Trinajstić information content (AvgIpc) is 2.61. The lowest BCUT2D eigenvalue weighted by Gasteiger charge is -2.11. The van der Waals surface area contributed by atoms with Crippen LogP contribution in [0.5, 0.6) is 5.75 Å². The molecule has 0 unspecified atom stereocenters. The largest absolute Gasteiger partial charge is 0.497 e. The summed E-state index contributed by atoms with van der Waals surface area (Å²) in [6, 6.07) is 11.6. The quantitative estimate of drug-likeness (QED) is 0.791. The van der Waals surface area contributed by atoms with Crippen LogP contribution in [-0.4, -0.2) is 28.0 Å². The van der Waals surface area contributed by atoms with Gasteiger partial charge in [0, 0.05) is 18.7 Å². The first kappa shape index (κ1) is 19.0. The summed E-state index contributed by atoms with van der Waals surface area (Å²) in [5.41, 5.74) is 1.88. The predicted octanol–water partition coefficient (Wildman–Crippen LogP) is 2.23. The smallest absolute Gasteiger partial charge is 0.251 e. The van der Waals surface area contributed by atoms with Gasteiger partial charge in [0.25, 0.3) is 5.91 Å². The van der Waals surface area contributed by atoms with Gasteiger partial charge in [0.1, 0.15) is 5.75 Å². The number of sulfonamides is 1. The lowest BCUT2D eigenvalue weighted by atomic mass is 10.1. The molecule has 0 bridgehead atoms. The molecule has 25 heavy (non-hydrogen) atoms. The summed E-state index contributed by atoms with van der Waals surface area (Å²) in [5.74, 6) is 0.420. The number of ether oxygens (including phenoxy) is 1. The van der Waals surface area contributed by atoms with Gasteiger partial charge in [-0.2, -0.15) is 0 Å². The van der Waals surface area contributed by atoms with Gasteiger partial charge in [-0.25, -0.2) is 13.1 Å². The molecule has 0 fully saturated rings. The van der Waals surface area contributed by atoms with Crippen molar-refractivity contribution in [3.05, 3.63) is 59.2 Å². The molecule has 2 aromatic rings. The molecule has 0 atom stereocenters. The third kappa shape index (κ3) is 4.80. The number of aryl methyl sites for hydroxylation is 1. The number of hydrogen-bond acceptors (Lipinski definition) is 4. The second-order valence-electron chi connectivity index (χ2n) is 5.51. The minimum absolute atomic E-state index is 0.0628. The highest BCUT2D eigenvalue weighted by atomic mass is 32.2. The van der Waals surface area contributed by atoms with Crippen LogP contribution < -0.4 is 14.8 Å². The number of benzene rings is 2. The minimum Gasteiger partial charge on any atom is -0.497 e. The van der Waals surface area contributed by atoms with Crippen LogP contribution in [-0.2, 0) is 16.6 Å². The molecule has 0 aliphatic rings. The molecular weight excluding hydrogens is 340 g/mol. The van der Waals surface area contributed by atoms with E-state index in [1.807, 2.05) is 6.92 Å². The van der Waals surface area contributed by atoms with Crippen molar-refractivity contribution in [3.8, 4) is 5.75 Å². The van der Waals surface area contributed by atoms with Crippen LogP contribution in [0.4, 0.5) is 0 Å². The number of carbonyl (C=O) groups is 1. The molecule has 1 amide bonds. The van der Waals surface area contributed by atoms with Crippen molar-refractivity contribution in [2.75, 3.05) is 13.7 Å². The Bertz CT molecular complexity index is 846. The molecule has 0 saturated heterocycles. The number of rotatable bonds is 7. The summed E-state index contributed by atoms with van der Waals surface area (Å²) in [6.45, 7) is 4.21. The summed E-state index contributed by atoms with van der Waals surface area (Å²) in [4.78, 5) is 12.1. The highest BCUT2D eigenvalue weighted by Gasteiger charge is 2.17. The third-order valence-electron chi connectivity index (χ3n) is 3.73. The fourth-order valence-corrected chi connectivity index (χ4v) is 3.32. The highest BCUT2D eigenvalue weighted by Crippen LogP contribution is 2.17. The van der Waals surface area contributed by atoms with Gasteiger partial charge in [-0.05, 0) is 49.2 Å². The Labute approximate surface area is 148 Å². The van der Waals surface area contributed by atoms with Crippen molar-refractivity contribution in [2.45, 2.75) is 25.3 Å². The van der Waals surface area contributed by atoms with Crippen LogP contribution in [0.15, 0.2) is 47.4 Å². The van der Waals surface area contributed by atoms with E-state index >= 15 is 0 Å². The Morgan fingerprint density at radius 1 is 1.12 bits per heavy atom. The molecule has 134 valence electrons. The normalized spacial score (nSPS) is 11.2. The van der Waals surface area contributed by atoms with Crippen molar-refractivity contribution in [3.63, 3.8) is 0 Å².